The lowest BCUT2D eigenvalue weighted by Crippen LogP contribution is -2.51. The van der Waals surface area contributed by atoms with Crippen molar-refractivity contribution in [3.63, 3.8) is 0 Å². The number of fused-ring (bicyclic) bond motifs is 2. The molecule has 0 radical (unpaired) electrons. The summed E-state index contributed by atoms with van der Waals surface area (Å²) >= 11 is 0. The zero-order chi connectivity index (χ0) is 14.1. The number of nitrogens with one attached hydrogen (secondary N) is 1. The topological polar surface area (TPSA) is 67.6 Å². The van der Waals surface area contributed by atoms with Gasteiger partial charge in [-0.05, 0) is 31.9 Å². The molecule has 2 heterocycles. The van der Waals surface area contributed by atoms with Gasteiger partial charge in [0.25, 0.3) is 0 Å². The van der Waals surface area contributed by atoms with Crippen molar-refractivity contribution in [2.45, 2.75) is 38.0 Å². The lowest BCUT2D eigenvalue weighted by atomic mass is 10.2. The normalized spacial score (nSPS) is 27.2. The molecule has 5 heteroatoms. The fraction of sp³-hybridized carbons (Fsp3) is 0.533. The van der Waals surface area contributed by atoms with Gasteiger partial charge in [0.1, 0.15) is 0 Å². The average molecular weight is 275 g/mol. The number of hydrogen-bond acceptors (Lipinski definition) is 4. The van der Waals surface area contributed by atoms with Crippen LogP contribution in [0, 0.1) is 0 Å². The molecule has 2 aliphatic heterocycles. The monoisotopic (exact) mass is 275 g/mol. The van der Waals surface area contributed by atoms with Crippen LogP contribution in [0.1, 0.15) is 19.8 Å². The minimum absolute atomic E-state index is 0.01000. The van der Waals surface area contributed by atoms with Crippen LogP contribution in [-0.2, 0) is 9.53 Å². The number of carbonyl (C=O) groups is 1. The molecule has 1 amide bonds. The van der Waals surface area contributed by atoms with E-state index in [9.17, 15) is 4.79 Å². The molecule has 2 saturated heterocycles. The second-order valence-corrected chi connectivity index (χ2v) is 5.66. The van der Waals surface area contributed by atoms with Crippen molar-refractivity contribution in [1.29, 1.82) is 0 Å². The van der Waals surface area contributed by atoms with Crippen LogP contribution in [0.3, 0.4) is 0 Å². The highest BCUT2D eigenvalue weighted by Gasteiger charge is 2.37. The van der Waals surface area contributed by atoms with Gasteiger partial charge in [-0.25, -0.2) is 0 Å². The maximum atomic E-state index is 12.3. The molecule has 2 aliphatic rings. The molecule has 0 saturated carbocycles. The van der Waals surface area contributed by atoms with Crippen molar-refractivity contribution in [1.82, 2.24) is 4.90 Å². The molecule has 0 aliphatic carbocycles. The Labute approximate surface area is 119 Å². The molecule has 0 spiro atoms. The predicted molar refractivity (Wildman–Crippen MR) is 78.4 cm³/mol. The van der Waals surface area contributed by atoms with Gasteiger partial charge in [0.15, 0.2) is 0 Å². The zero-order valence-corrected chi connectivity index (χ0v) is 11.7. The van der Waals surface area contributed by atoms with Crippen molar-refractivity contribution in [3.05, 3.63) is 24.3 Å². The third-order valence-electron chi connectivity index (χ3n) is 4.22. The number of nitrogens with zero attached hydrogens (tertiary/aromatic N) is 1. The van der Waals surface area contributed by atoms with E-state index in [0.717, 1.165) is 25.9 Å². The van der Waals surface area contributed by atoms with Crippen LogP contribution in [0.15, 0.2) is 24.3 Å². The fourth-order valence-electron chi connectivity index (χ4n) is 2.98. The summed E-state index contributed by atoms with van der Waals surface area (Å²) in [6.45, 7) is 3.63. The molecule has 0 aromatic heterocycles. The van der Waals surface area contributed by atoms with Crippen molar-refractivity contribution in [2.75, 3.05) is 24.1 Å². The molecule has 2 fully saturated rings. The lowest BCUT2D eigenvalue weighted by molar-refractivity contribution is -0.124. The highest BCUT2D eigenvalue weighted by atomic mass is 16.5. The standard InChI is InChI=1S/C15H21N3O2/c1-10(18-8-11-6-7-12(9-18)20-11)15(19)17-14-5-3-2-4-13(14)16/h2-5,10-12H,6-9,16H2,1H3,(H,17,19). The van der Waals surface area contributed by atoms with Crippen molar-refractivity contribution < 1.29 is 9.53 Å². The minimum Gasteiger partial charge on any atom is -0.397 e. The fourth-order valence-corrected chi connectivity index (χ4v) is 2.98. The number of carbonyl (C=O) groups excluding carboxylic acids is 1. The summed E-state index contributed by atoms with van der Waals surface area (Å²) in [6.07, 6.45) is 2.82. The number of amides is 1. The molecular formula is C15H21N3O2. The van der Waals surface area contributed by atoms with Gasteiger partial charge in [-0.1, -0.05) is 12.1 Å². The van der Waals surface area contributed by atoms with Gasteiger partial charge in [0, 0.05) is 13.1 Å². The Bertz CT molecular complexity index is 494. The summed E-state index contributed by atoms with van der Waals surface area (Å²) in [4.78, 5) is 14.6. The summed E-state index contributed by atoms with van der Waals surface area (Å²) in [5.74, 6) is -0.01000. The number of ether oxygens (including phenoxy) is 1. The second kappa shape index (κ2) is 5.42. The van der Waals surface area contributed by atoms with Gasteiger partial charge in [-0.15, -0.1) is 0 Å². The number of morpholine rings is 1. The molecular weight excluding hydrogens is 254 g/mol. The summed E-state index contributed by atoms with van der Waals surface area (Å²) < 4.78 is 5.80. The highest BCUT2D eigenvalue weighted by Crippen LogP contribution is 2.27. The summed E-state index contributed by atoms with van der Waals surface area (Å²) in [7, 11) is 0. The third kappa shape index (κ3) is 2.64. The molecule has 1 aromatic carbocycles. The maximum absolute atomic E-state index is 12.3. The third-order valence-corrected chi connectivity index (χ3v) is 4.22. The number of hydrogen-bond donors (Lipinski definition) is 2. The van der Waals surface area contributed by atoms with E-state index in [-0.39, 0.29) is 11.9 Å². The first kappa shape index (κ1) is 13.4. The second-order valence-electron chi connectivity index (χ2n) is 5.66. The SMILES string of the molecule is CC(C(=O)Nc1ccccc1N)N1CC2CCC(C1)O2. The van der Waals surface area contributed by atoms with E-state index in [0.29, 0.717) is 23.6 Å². The number of anilines is 2. The van der Waals surface area contributed by atoms with Crippen LogP contribution in [0.2, 0.25) is 0 Å². The molecule has 2 bridgehead atoms. The average Bonchev–Trinajstić information content (AvgIpc) is 2.79. The number of nitrogen functional groups attached to an aromatic ring is 1. The van der Waals surface area contributed by atoms with E-state index in [2.05, 4.69) is 10.2 Å². The van der Waals surface area contributed by atoms with Gasteiger partial charge in [-0.2, -0.15) is 0 Å². The summed E-state index contributed by atoms with van der Waals surface area (Å²) in [5.41, 5.74) is 7.13. The Balaban J connectivity index is 1.63. The summed E-state index contributed by atoms with van der Waals surface area (Å²) in [6, 6.07) is 7.17. The first-order valence-electron chi connectivity index (χ1n) is 7.18. The Morgan fingerprint density at radius 3 is 2.65 bits per heavy atom. The summed E-state index contributed by atoms with van der Waals surface area (Å²) in [5, 5.41) is 2.91. The minimum atomic E-state index is -0.165. The van der Waals surface area contributed by atoms with Crippen LogP contribution in [0.5, 0.6) is 0 Å². The lowest BCUT2D eigenvalue weighted by Gasteiger charge is -2.35. The van der Waals surface area contributed by atoms with Crippen LogP contribution in [0.4, 0.5) is 11.4 Å². The smallest absolute Gasteiger partial charge is 0.241 e. The number of benzene rings is 1. The molecule has 5 nitrogen and oxygen atoms in total. The van der Waals surface area contributed by atoms with Crippen molar-refractivity contribution in [2.24, 2.45) is 0 Å². The molecule has 1 aromatic rings. The number of nitrogens with two attached hydrogens (primary N) is 1. The van der Waals surface area contributed by atoms with E-state index in [4.69, 9.17) is 10.5 Å². The molecule has 3 rings (SSSR count). The van der Waals surface area contributed by atoms with E-state index in [1.165, 1.54) is 0 Å². The van der Waals surface area contributed by atoms with Crippen molar-refractivity contribution >= 4 is 17.3 Å². The Morgan fingerprint density at radius 2 is 2.00 bits per heavy atom. The van der Waals surface area contributed by atoms with E-state index in [1.54, 1.807) is 6.07 Å². The first-order chi connectivity index (χ1) is 9.63. The Kier molecular flexibility index (Phi) is 3.63. The van der Waals surface area contributed by atoms with Gasteiger partial charge < -0.3 is 15.8 Å². The first-order valence-corrected chi connectivity index (χ1v) is 7.18. The van der Waals surface area contributed by atoms with Crippen LogP contribution < -0.4 is 11.1 Å². The van der Waals surface area contributed by atoms with Crippen LogP contribution in [0.25, 0.3) is 0 Å². The largest absolute Gasteiger partial charge is 0.397 e. The Morgan fingerprint density at radius 1 is 1.35 bits per heavy atom. The van der Waals surface area contributed by atoms with E-state index >= 15 is 0 Å². The van der Waals surface area contributed by atoms with Crippen LogP contribution in [-0.4, -0.2) is 42.1 Å². The van der Waals surface area contributed by atoms with E-state index < -0.39 is 0 Å². The molecule has 3 unspecified atom stereocenters. The predicted octanol–water partition coefficient (Wildman–Crippen LogP) is 1.46. The van der Waals surface area contributed by atoms with Gasteiger partial charge in [0.05, 0.1) is 29.6 Å². The maximum Gasteiger partial charge on any atom is 0.241 e. The van der Waals surface area contributed by atoms with Gasteiger partial charge >= 0.3 is 0 Å². The molecule has 3 atom stereocenters. The van der Waals surface area contributed by atoms with Crippen molar-refractivity contribution in [3.8, 4) is 0 Å². The zero-order valence-electron chi connectivity index (χ0n) is 11.7. The molecule has 20 heavy (non-hydrogen) atoms. The van der Waals surface area contributed by atoms with Gasteiger partial charge in [0.2, 0.25) is 5.91 Å². The number of likely N-dealkylation sites (tertiary alicyclic amines) is 1. The van der Waals surface area contributed by atoms with Gasteiger partial charge in [-0.3, -0.25) is 9.69 Å². The van der Waals surface area contributed by atoms with Crippen LogP contribution >= 0.6 is 0 Å². The molecule has 3 N–H and O–H groups in total. The highest BCUT2D eigenvalue weighted by molar-refractivity contribution is 5.97. The van der Waals surface area contributed by atoms with E-state index in [1.807, 2.05) is 25.1 Å². The quantitative estimate of drug-likeness (QED) is 0.820. The number of rotatable bonds is 3. The number of para-hydroxylation sites is 2. The Hall–Kier alpha value is -1.59. The molecule has 108 valence electrons.